The first kappa shape index (κ1) is 14.3. The Morgan fingerprint density at radius 3 is 3.20 bits per heavy atom. The highest BCUT2D eigenvalue weighted by molar-refractivity contribution is 9.12. The van der Waals surface area contributed by atoms with Crippen LogP contribution in [0.1, 0.15) is 18.4 Å². The highest BCUT2D eigenvalue weighted by Gasteiger charge is 2.53. The van der Waals surface area contributed by atoms with Gasteiger partial charge in [-0.05, 0) is 40.4 Å². The fourth-order valence-corrected chi connectivity index (χ4v) is 6.52. The van der Waals surface area contributed by atoms with E-state index >= 15 is 0 Å². The van der Waals surface area contributed by atoms with Crippen LogP contribution in [0, 0.1) is 0 Å². The largest absolute Gasteiger partial charge is 0.504 e. The van der Waals surface area contributed by atoms with E-state index in [-0.39, 0.29) is 16.9 Å². The number of anilines is 1. The number of hydrogen-bond donors (Lipinski definition) is 2. The molecule has 25 heavy (non-hydrogen) atoms. The van der Waals surface area contributed by atoms with E-state index in [0.717, 1.165) is 51.7 Å². The lowest BCUT2D eigenvalue weighted by atomic mass is 9.71. The van der Waals surface area contributed by atoms with Crippen LogP contribution in [0.4, 0.5) is 11.4 Å². The van der Waals surface area contributed by atoms with E-state index in [1.807, 2.05) is 12.3 Å². The number of rotatable bonds is 0. The predicted molar refractivity (Wildman–Crippen MR) is 101 cm³/mol. The minimum Gasteiger partial charge on any atom is -0.504 e. The highest BCUT2D eigenvalue weighted by Crippen LogP contribution is 2.61. The molecule has 0 radical (unpaired) electrons. The molecule has 7 heteroatoms. The standard InChI is InChI=1S/C18H12BrN3O2S/c19-8-4-18-5-11(25-10(18)3-9(8)23)22-16-13(18)14-12-7(1-2-20-14)6-21-15(12)17(16)24/h3-4,6,11,22,24H,1-2,5H2/t11-,18-/m1/s1. The Bertz CT molecular complexity index is 1130. The SMILES string of the molecule is O=C1C=C2S[C@@H]3C[C@@]2(C=C1Br)c1c(c(O)c2c4c1=NCCC=4C=N2)N3. The van der Waals surface area contributed by atoms with Gasteiger partial charge >= 0.3 is 0 Å². The van der Waals surface area contributed by atoms with Gasteiger partial charge in [-0.2, -0.15) is 0 Å². The molecule has 2 atom stereocenters. The number of nitrogens with one attached hydrogen (secondary N) is 1. The maximum absolute atomic E-state index is 12.2. The molecule has 2 N–H and O–H groups in total. The molecule has 5 aliphatic rings. The predicted octanol–water partition coefficient (Wildman–Crippen LogP) is 2.15. The number of ketones is 1. The number of phenols is 1. The van der Waals surface area contributed by atoms with Crippen LogP contribution in [0.5, 0.6) is 5.75 Å². The first-order valence-corrected chi connectivity index (χ1v) is 9.85. The summed E-state index contributed by atoms with van der Waals surface area (Å²) < 4.78 is 0.578. The third-order valence-corrected chi connectivity index (χ3v) is 7.51. The molecule has 4 aliphatic heterocycles. The Balaban J connectivity index is 1.81. The number of halogens is 1. The quantitative estimate of drug-likeness (QED) is 0.639. The maximum atomic E-state index is 12.2. The number of benzene rings is 1. The second-order valence-electron chi connectivity index (χ2n) is 6.88. The van der Waals surface area contributed by atoms with E-state index in [2.05, 4.69) is 26.2 Å². The molecule has 0 unspecified atom stereocenters. The normalized spacial score (nSPS) is 30.0. The lowest BCUT2D eigenvalue weighted by molar-refractivity contribution is -0.110. The van der Waals surface area contributed by atoms with Crippen molar-refractivity contribution in [3.63, 3.8) is 0 Å². The number of carbonyl (C=O) groups is 1. The van der Waals surface area contributed by atoms with Gasteiger partial charge in [-0.3, -0.25) is 14.8 Å². The zero-order valence-corrected chi connectivity index (χ0v) is 15.4. The van der Waals surface area contributed by atoms with Crippen molar-refractivity contribution in [3.05, 3.63) is 37.7 Å². The van der Waals surface area contributed by atoms with Crippen molar-refractivity contribution in [2.75, 3.05) is 11.9 Å². The van der Waals surface area contributed by atoms with E-state index < -0.39 is 5.41 Å². The number of carbonyl (C=O) groups excluding carboxylic acids is 1. The van der Waals surface area contributed by atoms with E-state index in [1.54, 1.807) is 17.8 Å². The minimum atomic E-state index is -0.404. The number of aliphatic imine (C=N–C) groups is 1. The molecule has 0 aromatic heterocycles. The van der Waals surface area contributed by atoms with Crippen LogP contribution in [0.2, 0.25) is 0 Å². The number of allylic oxidation sites excluding steroid dienone is 4. The molecule has 124 valence electrons. The van der Waals surface area contributed by atoms with Gasteiger partial charge in [0.25, 0.3) is 0 Å². The molecule has 0 amide bonds. The summed E-state index contributed by atoms with van der Waals surface area (Å²) >= 11 is 5.10. The van der Waals surface area contributed by atoms with Crippen molar-refractivity contribution in [2.24, 2.45) is 9.98 Å². The summed E-state index contributed by atoms with van der Waals surface area (Å²) in [5.41, 5.74) is 3.07. The van der Waals surface area contributed by atoms with E-state index in [4.69, 9.17) is 4.99 Å². The average molecular weight is 414 g/mol. The van der Waals surface area contributed by atoms with Gasteiger partial charge in [0, 0.05) is 28.4 Å². The number of hydrogen-bond acceptors (Lipinski definition) is 6. The summed E-state index contributed by atoms with van der Waals surface area (Å²) in [6.45, 7) is 0.723. The summed E-state index contributed by atoms with van der Waals surface area (Å²) in [7, 11) is 0. The Hall–Kier alpha value is -1.86. The van der Waals surface area contributed by atoms with Gasteiger partial charge in [-0.25, -0.2) is 0 Å². The number of fused-ring (bicyclic) bond motifs is 3. The van der Waals surface area contributed by atoms with Crippen LogP contribution in [-0.4, -0.2) is 29.0 Å². The Labute approximate surface area is 155 Å². The Kier molecular flexibility index (Phi) is 2.55. The van der Waals surface area contributed by atoms with E-state index in [9.17, 15) is 9.90 Å². The molecule has 1 aromatic carbocycles. The topological polar surface area (TPSA) is 74.0 Å². The zero-order chi connectivity index (χ0) is 16.9. The molecule has 0 saturated carbocycles. The fourth-order valence-electron chi connectivity index (χ4n) is 4.56. The van der Waals surface area contributed by atoms with Crippen LogP contribution >= 0.6 is 27.7 Å². The fraction of sp³-hybridized carbons (Fsp3) is 0.278. The number of nitrogens with zero attached hydrogens (tertiary/aromatic N) is 2. The van der Waals surface area contributed by atoms with Gasteiger partial charge in [-0.1, -0.05) is 6.08 Å². The van der Waals surface area contributed by atoms with Gasteiger partial charge in [0.05, 0.1) is 26.3 Å². The summed E-state index contributed by atoms with van der Waals surface area (Å²) in [5.74, 6) is 0.193. The molecule has 6 rings (SSSR count). The molecule has 5 nitrogen and oxygen atoms in total. The second-order valence-corrected chi connectivity index (χ2v) is 8.98. The van der Waals surface area contributed by atoms with Crippen LogP contribution < -0.4 is 15.9 Å². The summed E-state index contributed by atoms with van der Waals surface area (Å²) in [6.07, 6.45) is 7.29. The maximum Gasteiger partial charge on any atom is 0.193 e. The Morgan fingerprint density at radius 2 is 2.32 bits per heavy atom. The first-order chi connectivity index (χ1) is 12.1. The van der Waals surface area contributed by atoms with Crippen molar-refractivity contribution in [1.82, 2.24) is 0 Å². The molecule has 1 saturated heterocycles. The Morgan fingerprint density at radius 1 is 1.44 bits per heavy atom. The molecule has 4 heterocycles. The van der Waals surface area contributed by atoms with Crippen LogP contribution in [0.25, 0.3) is 5.57 Å². The molecule has 1 aromatic rings. The molecular weight excluding hydrogens is 402 g/mol. The van der Waals surface area contributed by atoms with Gasteiger partial charge in [-0.15, -0.1) is 11.8 Å². The number of thioether (sulfide) groups is 1. The molecule has 1 fully saturated rings. The summed E-state index contributed by atoms with van der Waals surface area (Å²) in [6, 6.07) is 0. The summed E-state index contributed by atoms with van der Waals surface area (Å²) in [4.78, 5) is 22.5. The average Bonchev–Trinajstić information content (AvgIpc) is 3.13. The second kappa shape index (κ2) is 4.45. The molecule has 1 spiro atoms. The van der Waals surface area contributed by atoms with Crippen molar-refractivity contribution >= 4 is 56.6 Å². The third-order valence-electron chi connectivity index (χ3n) is 5.58. The number of aromatic hydroxyl groups is 1. The van der Waals surface area contributed by atoms with Crippen molar-refractivity contribution in [1.29, 1.82) is 0 Å². The van der Waals surface area contributed by atoms with E-state index in [0.29, 0.717) is 10.2 Å². The van der Waals surface area contributed by atoms with Gasteiger partial charge in [0.15, 0.2) is 11.5 Å². The highest BCUT2D eigenvalue weighted by atomic mass is 79.9. The summed E-state index contributed by atoms with van der Waals surface area (Å²) in [5, 5.41) is 16.4. The van der Waals surface area contributed by atoms with Crippen molar-refractivity contribution < 1.29 is 9.90 Å². The van der Waals surface area contributed by atoms with Crippen LogP contribution in [0.15, 0.2) is 31.5 Å². The van der Waals surface area contributed by atoms with E-state index in [1.165, 1.54) is 0 Å². The lowest BCUT2D eigenvalue weighted by Crippen LogP contribution is -2.44. The first-order valence-electron chi connectivity index (χ1n) is 8.18. The minimum absolute atomic E-state index is 0.00576. The molecule has 1 aliphatic carbocycles. The van der Waals surface area contributed by atoms with Gasteiger partial charge < -0.3 is 10.4 Å². The van der Waals surface area contributed by atoms with Crippen molar-refractivity contribution in [3.8, 4) is 5.75 Å². The van der Waals surface area contributed by atoms with Crippen LogP contribution in [0.3, 0.4) is 0 Å². The zero-order valence-electron chi connectivity index (χ0n) is 13.0. The van der Waals surface area contributed by atoms with Gasteiger partial charge in [0.2, 0.25) is 0 Å². The molecule has 2 bridgehead atoms. The third kappa shape index (κ3) is 1.59. The molecular formula is C18H12BrN3O2S. The van der Waals surface area contributed by atoms with Crippen LogP contribution in [-0.2, 0) is 10.2 Å². The van der Waals surface area contributed by atoms with Crippen molar-refractivity contribution in [2.45, 2.75) is 23.6 Å². The smallest absolute Gasteiger partial charge is 0.193 e. The monoisotopic (exact) mass is 413 g/mol. The van der Waals surface area contributed by atoms with Gasteiger partial charge in [0.1, 0.15) is 5.69 Å². The lowest BCUT2D eigenvalue weighted by Gasteiger charge is -2.36. The number of phenolic OH excluding ortho intramolecular Hbond substituents is 1.